The molecular formula is C25H32N2O4. The Morgan fingerprint density at radius 1 is 0.935 bits per heavy atom. The summed E-state index contributed by atoms with van der Waals surface area (Å²) < 4.78 is 5.40. The molecule has 0 aliphatic heterocycles. The van der Waals surface area contributed by atoms with Crippen molar-refractivity contribution >= 4 is 23.5 Å². The quantitative estimate of drug-likeness (QED) is 0.630. The monoisotopic (exact) mass is 424 g/mol. The number of hydrogen-bond donors (Lipinski definition) is 2. The van der Waals surface area contributed by atoms with Crippen molar-refractivity contribution in [3.8, 4) is 0 Å². The number of benzene rings is 2. The Morgan fingerprint density at radius 2 is 1.52 bits per heavy atom. The van der Waals surface area contributed by atoms with Crippen LogP contribution in [0.5, 0.6) is 0 Å². The van der Waals surface area contributed by atoms with Gasteiger partial charge in [0, 0.05) is 5.69 Å². The standard InChI is InChI=1S/C25H32N2O4/c1-15(2)22(26-21(28)14-20-10-8-7-9-11-20)25(30)31-19(6)24(29)27-23-17(4)12-16(3)13-18(23)5/h7-13,15,19,22H,14H2,1-6H3,(H,26,28)(H,27,29)/t19-,22+/m1/s1. The molecular weight excluding hydrogens is 392 g/mol. The van der Waals surface area contributed by atoms with E-state index in [0.717, 1.165) is 27.9 Å². The normalized spacial score (nSPS) is 12.7. The molecule has 0 bridgehead atoms. The van der Waals surface area contributed by atoms with Crippen LogP contribution in [0.3, 0.4) is 0 Å². The molecule has 2 aromatic rings. The lowest BCUT2D eigenvalue weighted by molar-refractivity contribution is -0.157. The second-order valence-corrected chi connectivity index (χ2v) is 8.29. The van der Waals surface area contributed by atoms with Crippen LogP contribution < -0.4 is 10.6 Å². The van der Waals surface area contributed by atoms with Crippen molar-refractivity contribution in [2.24, 2.45) is 5.92 Å². The molecule has 2 N–H and O–H groups in total. The van der Waals surface area contributed by atoms with Gasteiger partial charge in [-0.05, 0) is 50.3 Å². The number of hydrogen-bond acceptors (Lipinski definition) is 4. The minimum absolute atomic E-state index is 0.166. The second kappa shape index (κ2) is 10.8. The van der Waals surface area contributed by atoms with E-state index < -0.39 is 24.0 Å². The van der Waals surface area contributed by atoms with Crippen LogP contribution in [0.2, 0.25) is 0 Å². The van der Waals surface area contributed by atoms with Gasteiger partial charge in [0.25, 0.3) is 5.91 Å². The van der Waals surface area contributed by atoms with Crippen molar-refractivity contribution < 1.29 is 19.1 Å². The van der Waals surface area contributed by atoms with Crippen molar-refractivity contribution in [3.05, 3.63) is 64.7 Å². The third-order valence-corrected chi connectivity index (χ3v) is 5.03. The maximum absolute atomic E-state index is 12.7. The Kier molecular flexibility index (Phi) is 8.37. The number of amides is 2. The van der Waals surface area contributed by atoms with Gasteiger partial charge in [-0.1, -0.05) is 61.9 Å². The summed E-state index contributed by atoms with van der Waals surface area (Å²) >= 11 is 0. The molecule has 0 saturated carbocycles. The first-order chi connectivity index (χ1) is 14.6. The average molecular weight is 425 g/mol. The van der Waals surface area contributed by atoms with Gasteiger partial charge < -0.3 is 15.4 Å². The van der Waals surface area contributed by atoms with Gasteiger partial charge in [0.1, 0.15) is 6.04 Å². The second-order valence-electron chi connectivity index (χ2n) is 8.29. The number of rotatable bonds is 8. The highest BCUT2D eigenvalue weighted by Crippen LogP contribution is 2.22. The molecule has 0 unspecified atom stereocenters. The lowest BCUT2D eigenvalue weighted by Gasteiger charge is -2.23. The zero-order chi connectivity index (χ0) is 23.1. The van der Waals surface area contributed by atoms with Crippen molar-refractivity contribution in [1.82, 2.24) is 5.32 Å². The minimum atomic E-state index is -1.00. The van der Waals surface area contributed by atoms with Crippen molar-refractivity contribution in [2.45, 2.75) is 60.1 Å². The molecule has 31 heavy (non-hydrogen) atoms. The Hall–Kier alpha value is -3.15. The van der Waals surface area contributed by atoms with Crippen LogP contribution in [0.25, 0.3) is 0 Å². The van der Waals surface area contributed by atoms with Gasteiger partial charge in [0.2, 0.25) is 5.91 Å². The summed E-state index contributed by atoms with van der Waals surface area (Å²) in [6.45, 7) is 11.0. The highest BCUT2D eigenvalue weighted by atomic mass is 16.5. The van der Waals surface area contributed by atoms with Crippen LogP contribution in [0.15, 0.2) is 42.5 Å². The smallest absolute Gasteiger partial charge is 0.329 e. The molecule has 0 saturated heterocycles. The summed E-state index contributed by atoms with van der Waals surface area (Å²) in [6.07, 6.45) is -0.834. The third-order valence-electron chi connectivity index (χ3n) is 5.03. The third kappa shape index (κ3) is 6.95. The van der Waals surface area contributed by atoms with E-state index in [1.807, 2.05) is 77.1 Å². The Labute approximate surface area is 184 Å². The van der Waals surface area contributed by atoms with Crippen LogP contribution in [0.1, 0.15) is 43.0 Å². The SMILES string of the molecule is Cc1cc(C)c(NC(=O)[C@@H](C)OC(=O)[C@@H](NC(=O)Cc2ccccc2)C(C)C)c(C)c1. The van der Waals surface area contributed by atoms with E-state index in [1.54, 1.807) is 0 Å². The van der Waals surface area contributed by atoms with E-state index in [1.165, 1.54) is 6.92 Å². The molecule has 2 atom stereocenters. The first kappa shape index (κ1) is 24.1. The summed E-state index contributed by atoms with van der Waals surface area (Å²) in [7, 11) is 0. The molecule has 0 heterocycles. The number of carbonyl (C=O) groups excluding carboxylic acids is 3. The lowest BCUT2D eigenvalue weighted by atomic mass is 10.0. The first-order valence-electron chi connectivity index (χ1n) is 10.5. The number of esters is 1. The van der Waals surface area contributed by atoms with Crippen LogP contribution in [-0.2, 0) is 25.5 Å². The van der Waals surface area contributed by atoms with Crippen LogP contribution in [-0.4, -0.2) is 29.9 Å². The molecule has 0 aliphatic carbocycles. The largest absolute Gasteiger partial charge is 0.451 e. The maximum Gasteiger partial charge on any atom is 0.329 e. The Balaban J connectivity index is 1.99. The van der Waals surface area contributed by atoms with Gasteiger partial charge in [-0.3, -0.25) is 9.59 Å². The lowest BCUT2D eigenvalue weighted by Crippen LogP contribution is -2.47. The summed E-state index contributed by atoms with van der Waals surface area (Å²) in [5.41, 5.74) is 4.57. The predicted molar refractivity (Wildman–Crippen MR) is 122 cm³/mol. The molecule has 0 radical (unpaired) electrons. The van der Waals surface area contributed by atoms with Crippen LogP contribution in [0, 0.1) is 26.7 Å². The molecule has 2 rings (SSSR count). The molecule has 6 nitrogen and oxygen atoms in total. The molecule has 0 fully saturated rings. The van der Waals surface area contributed by atoms with E-state index in [2.05, 4.69) is 10.6 Å². The van der Waals surface area contributed by atoms with Gasteiger partial charge in [-0.25, -0.2) is 4.79 Å². The van der Waals surface area contributed by atoms with E-state index in [9.17, 15) is 14.4 Å². The minimum Gasteiger partial charge on any atom is -0.451 e. The molecule has 0 aliphatic rings. The molecule has 0 aromatic heterocycles. The average Bonchev–Trinajstić information content (AvgIpc) is 2.69. The number of ether oxygens (including phenoxy) is 1. The van der Waals surface area contributed by atoms with E-state index in [-0.39, 0.29) is 18.2 Å². The predicted octanol–water partition coefficient (Wildman–Crippen LogP) is 3.87. The number of anilines is 1. The Bertz CT molecular complexity index is 915. The van der Waals surface area contributed by atoms with Crippen molar-refractivity contribution in [2.75, 3.05) is 5.32 Å². The van der Waals surface area contributed by atoms with Gasteiger partial charge in [0.15, 0.2) is 6.10 Å². The summed E-state index contributed by atoms with van der Waals surface area (Å²) in [5, 5.41) is 5.59. The topological polar surface area (TPSA) is 84.5 Å². The first-order valence-corrected chi connectivity index (χ1v) is 10.5. The highest BCUT2D eigenvalue weighted by molar-refractivity contribution is 5.97. The van der Waals surface area contributed by atoms with Crippen LogP contribution >= 0.6 is 0 Å². The van der Waals surface area contributed by atoms with E-state index in [4.69, 9.17) is 4.74 Å². The molecule has 166 valence electrons. The van der Waals surface area contributed by atoms with Gasteiger partial charge in [-0.15, -0.1) is 0 Å². The number of aryl methyl sites for hydroxylation is 3. The zero-order valence-electron chi connectivity index (χ0n) is 19.1. The van der Waals surface area contributed by atoms with E-state index in [0.29, 0.717) is 0 Å². The summed E-state index contributed by atoms with van der Waals surface area (Å²) in [4.78, 5) is 37.7. The molecule has 0 spiro atoms. The molecule has 2 aromatic carbocycles. The fourth-order valence-corrected chi connectivity index (χ4v) is 3.41. The summed E-state index contributed by atoms with van der Waals surface area (Å²) in [5.74, 6) is -1.51. The number of nitrogens with one attached hydrogen (secondary N) is 2. The zero-order valence-corrected chi connectivity index (χ0v) is 19.1. The summed E-state index contributed by atoms with van der Waals surface area (Å²) in [6, 6.07) is 12.4. The highest BCUT2D eigenvalue weighted by Gasteiger charge is 2.29. The maximum atomic E-state index is 12.7. The van der Waals surface area contributed by atoms with Crippen molar-refractivity contribution in [1.29, 1.82) is 0 Å². The fourth-order valence-electron chi connectivity index (χ4n) is 3.41. The number of carbonyl (C=O) groups is 3. The van der Waals surface area contributed by atoms with Gasteiger partial charge in [0.05, 0.1) is 6.42 Å². The van der Waals surface area contributed by atoms with E-state index >= 15 is 0 Å². The fraction of sp³-hybridized carbons (Fsp3) is 0.400. The Morgan fingerprint density at radius 3 is 2.06 bits per heavy atom. The molecule has 6 heteroatoms. The van der Waals surface area contributed by atoms with Crippen molar-refractivity contribution in [3.63, 3.8) is 0 Å². The van der Waals surface area contributed by atoms with Crippen LogP contribution in [0.4, 0.5) is 5.69 Å². The van der Waals surface area contributed by atoms with Gasteiger partial charge in [-0.2, -0.15) is 0 Å². The molecule has 2 amide bonds. The van der Waals surface area contributed by atoms with Gasteiger partial charge >= 0.3 is 5.97 Å².